The summed E-state index contributed by atoms with van der Waals surface area (Å²) in [5.74, 6) is 0.784. The molecule has 2 N–H and O–H groups in total. The molecular formula is C11H14BrFN4. The second-order valence-corrected chi connectivity index (χ2v) is 5.58. The number of rotatable bonds is 2. The van der Waals surface area contributed by atoms with Crippen molar-refractivity contribution in [1.29, 1.82) is 0 Å². The van der Waals surface area contributed by atoms with E-state index >= 15 is 0 Å². The molecule has 2 aliphatic rings. The monoisotopic (exact) mass is 300 g/mol. The van der Waals surface area contributed by atoms with Gasteiger partial charge in [-0.2, -0.15) is 0 Å². The minimum absolute atomic E-state index is 0.142. The number of halogens is 2. The summed E-state index contributed by atoms with van der Waals surface area (Å²) in [5.41, 5.74) is -1.13. The summed E-state index contributed by atoms with van der Waals surface area (Å²) >= 11 is 3.23. The standard InChI is InChI=1S/C11H14BrFN4/c12-9-3-4-10(17-16-9)15-8-2-1-7-5-14-6-11(7,8)13/h3-4,7-8,14H,1-2,5-6H2,(H,15,17). The molecule has 17 heavy (non-hydrogen) atoms. The molecule has 2 fully saturated rings. The summed E-state index contributed by atoms with van der Waals surface area (Å²) in [6.45, 7) is 1.24. The zero-order chi connectivity index (χ0) is 11.9. The summed E-state index contributed by atoms with van der Waals surface area (Å²) in [7, 11) is 0. The number of fused-ring (bicyclic) bond motifs is 1. The largest absolute Gasteiger partial charge is 0.363 e. The third-order valence-electron chi connectivity index (χ3n) is 3.80. The van der Waals surface area contributed by atoms with Gasteiger partial charge in [-0.05, 0) is 40.9 Å². The van der Waals surface area contributed by atoms with Gasteiger partial charge >= 0.3 is 0 Å². The van der Waals surface area contributed by atoms with Gasteiger partial charge in [-0.15, -0.1) is 10.2 Å². The predicted octanol–water partition coefficient (Wildman–Crippen LogP) is 1.74. The average Bonchev–Trinajstić information content (AvgIpc) is 2.81. The molecule has 0 amide bonds. The highest BCUT2D eigenvalue weighted by molar-refractivity contribution is 9.10. The van der Waals surface area contributed by atoms with Crippen LogP contribution in [-0.4, -0.2) is 35.0 Å². The molecular weight excluding hydrogens is 287 g/mol. The van der Waals surface area contributed by atoms with Crippen molar-refractivity contribution in [3.63, 3.8) is 0 Å². The zero-order valence-electron chi connectivity index (χ0n) is 9.29. The lowest BCUT2D eigenvalue weighted by atomic mass is 9.94. The second kappa shape index (κ2) is 4.17. The van der Waals surface area contributed by atoms with Gasteiger partial charge in [0.05, 0.1) is 6.04 Å². The Morgan fingerprint density at radius 2 is 2.29 bits per heavy atom. The van der Waals surface area contributed by atoms with Crippen LogP contribution in [0.3, 0.4) is 0 Å². The van der Waals surface area contributed by atoms with Gasteiger partial charge in [0.2, 0.25) is 0 Å². The molecule has 1 saturated carbocycles. The van der Waals surface area contributed by atoms with Crippen molar-refractivity contribution >= 4 is 21.7 Å². The Bertz CT molecular complexity index is 412. The van der Waals surface area contributed by atoms with Crippen LogP contribution < -0.4 is 10.6 Å². The molecule has 2 heterocycles. The highest BCUT2D eigenvalue weighted by atomic mass is 79.9. The Kier molecular flexibility index (Phi) is 2.78. The van der Waals surface area contributed by atoms with E-state index in [0.717, 1.165) is 19.4 Å². The summed E-state index contributed by atoms with van der Waals surface area (Å²) in [5, 5.41) is 14.2. The molecule has 4 nitrogen and oxygen atoms in total. The molecule has 1 aliphatic heterocycles. The normalized spacial score (nSPS) is 35.9. The first-order valence-electron chi connectivity index (χ1n) is 5.84. The fraction of sp³-hybridized carbons (Fsp3) is 0.636. The van der Waals surface area contributed by atoms with Crippen molar-refractivity contribution in [2.45, 2.75) is 24.6 Å². The van der Waals surface area contributed by atoms with Crippen LogP contribution in [0.1, 0.15) is 12.8 Å². The Balaban J connectivity index is 1.75. The van der Waals surface area contributed by atoms with Gasteiger partial charge in [0.15, 0.2) is 0 Å². The summed E-state index contributed by atoms with van der Waals surface area (Å²) in [4.78, 5) is 0. The van der Waals surface area contributed by atoms with Crippen LogP contribution in [-0.2, 0) is 0 Å². The highest BCUT2D eigenvalue weighted by Crippen LogP contribution is 2.42. The van der Waals surface area contributed by atoms with Gasteiger partial charge in [-0.1, -0.05) is 0 Å². The van der Waals surface area contributed by atoms with Crippen LogP contribution in [0.4, 0.5) is 10.2 Å². The van der Waals surface area contributed by atoms with E-state index in [2.05, 4.69) is 36.8 Å². The molecule has 1 aromatic heterocycles. The van der Waals surface area contributed by atoms with Crippen molar-refractivity contribution in [2.75, 3.05) is 18.4 Å². The van der Waals surface area contributed by atoms with Crippen LogP contribution in [0.5, 0.6) is 0 Å². The summed E-state index contributed by atoms with van der Waals surface area (Å²) in [6, 6.07) is 3.47. The van der Waals surface area contributed by atoms with Crippen molar-refractivity contribution in [2.24, 2.45) is 5.92 Å². The number of aromatic nitrogens is 2. The minimum Gasteiger partial charge on any atom is -0.363 e. The maximum Gasteiger partial charge on any atom is 0.149 e. The molecule has 3 atom stereocenters. The van der Waals surface area contributed by atoms with Gasteiger partial charge in [0.25, 0.3) is 0 Å². The number of alkyl halides is 1. The van der Waals surface area contributed by atoms with Gasteiger partial charge < -0.3 is 10.6 Å². The fourth-order valence-corrected chi connectivity index (χ4v) is 3.08. The van der Waals surface area contributed by atoms with Crippen LogP contribution in [0.25, 0.3) is 0 Å². The van der Waals surface area contributed by atoms with Crippen molar-refractivity contribution < 1.29 is 4.39 Å². The lowest BCUT2D eigenvalue weighted by molar-refractivity contribution is 0.145. The van der Waals surface area contributed by atoms with E-state index < -0.39 is 5.67 Å². The van der Waals surface area contributed by atoms with Crippen LogP contribution in [0.15, 0.2) is 16.7 Å². The smallest absolute Gasteiger partial charge is 0.149 e. The van der Waals surface area contributed by atoms with Crippen LogP contribution in [0.2, 0.25) is 0 Å². The summed E-state index contributed by atoms with van der Waals surface area (Å²) < 4.78 is 15.4. The zero-order valence-corrected chi connectivity index (χ0v) is 10.9. The molecule has 0 bridgehead atoms. The van der Waals surface area contributed by atoms with E-state index in [0.29, 0.717) is 17.0 Å². The Morgan fingerprint density at radius 3 is 3.06 bits per heavy atom. The van der Waals surface area contributed by atoms with Crippen molar-refractivity contribution in [3.8, 4) is 0 Å². The number of anilines is 1. The third kappa shape index (κ3) is 1.93. The average molecular weight is 301 g/mol. The first-order chi connectivity index (χ1) is 8.18. The van der Waals surface area contributed by atoms with E-state index in [9.17, 15) is 4.39 Å². The van der Waals surface area contributed by atoms with E-state index in [-0.39, 0.29) is 12.0 Å². The van der Waals surface area contributed by atoms with Crippen LogP contribution in [0, 0.1) is 5.92 Å². The molecule has 0 radical (unpaired) electrons. The molecule has 3 rings (SSSR count). The maximum atomic E-state index is 14.7. The molecule has 0 spiro atoms. The lowest BCUT2D eigenvalue weighted by Gasteiger charge is -2.27. The molecule has 3 unspecified atom stereocenters. The second-order valence-electron chi connectivity index (χ2n) is 4.77. The lowest BCUT2D eigenvalue weighted by Crippen LogP contribution is -2.44. The molecule has 1 aromatic rings. The first-order valence-corrected chi connectivity index (χ1v) is 6.63. The SMILES string of the molecule is FC12CNCC1CCC2Nc1ccc(Br)nn1. The molecule has 92 valence electrons. The van der Waals surface area contributed by atoms with E-state index in [1.54, 1.807) is 6.07 Å². The van der Waals surface area contributed by atoms with Gasteiger partial charge in [0, 0.05) is 19.0 Å². The number of hydrogen-bond donors (Lipinski definition) is 2. The topological polar surface area (TPSA) is 49.8 Å². The molecule has 0 aromatic carbocycles. The molecule has 1 saturated heterocycles. The number of nitrogens with one attached hydrogen (secondary N) is 2. The Hall–Kier alpha value is -0.750. The van der Waals surface area contributed by atoms with E-state index in [1.807, 2.05) is 6.07 Å². The van der Waals surface area contributed by atoms with Gasteiger partial charge in [-0.25, -0.2) is 4.39 Å². The number of hydrogen-bond acceptors (Lipinski definition) is 4. The van der Waals surface area contributed by atoms with E-state index in [1.165, 1.54) is 0 Å². The highest BCUT2D eigenvalue weighted by Gasteiger charge is 2.53. The van der Waals surface area contributed by atoms with Crippen molar-refractivity contribution in [1.82, 2.24) is 15.5 Å². The number of nitrogens with zero attached hydrogens (tertiary/aromatic N) is 2. The minimum atomic E-state index is -1.13. The van der Waals surface area contributed by atoms with Crippen LogP contribution >= 0.6 is 15.9 Å². The first kappa shape index (κ1) is 11.3. The van der Waals surface area contributed by atoms with Gasteiger partial charge in [-0.3, -0.25) is 0 Å². The summed E-state index contributed by atoms with van der Waals surface area (Å²) in [6.07, 6.45) is 1.80. The van der Waals surface area contributed by atoms with Crippen molar-refractivity contribution in [3.05, 3.63) is 16.7 Å². The van der Waals surface area contributed by atoms with Gasteiger partial charge in [0.1, 0.15) is 16.1 Å². The molecule has 6 heteroatoms. The third-order valence-corrected chi connectivity index (χ3v) is 4.23. The maximum absolute atomic E-state index is 14.7. The predicted molar refractivity (Wildman–Crippen MR) is 66.6 cm³/mol. The quantitative estimate of drug-likeness (QED) is 0.873. The Labute approximate surface area is 108 Å². The Morgan fingerprint density at radius 1 is 1.41 bits per heavy atom. The molecule has 1 aliphatic carbocycles. The van der Waals surface area contributed by atoms with E-state index in [4.69, 9.17) is 0 Å². The fourth-order valence-electron chi connectivity index (χ4n) is 2.87.